The van der Waals surface area contributed by atoms with E-state index in [0.29, 0.717) is 12.3 Å². The van der Waals surface area contributed by atoms with E-state index in [0.717, 1.165) is 19.5 Å². The Balaban J connectivity index is 1.63. The molecule has 0 spiro atoms. The van der Waals surface area contributed by atoms with Crippen LogP contribution in [0.4, 0.5) is 4.39 Å². The Kier molecular flexibility index (Phi) is 5.43. The van der Waals surface area contributed by atoms with Crippen molar-refractivity contribution in [3.05, 3.63) is 53.7 Å². The van der Waals surface area contributed by atoms with Gasteiger partial charge < -0.3 is 10.1 Å². The smallest absolute Gasteiger partial charge is 0.253 e. The summed E-state index contributed by atoms with van der Waals surface area (Å²) >= 11 is 0. The number of ether oxygens (including phenoxy) is 1. The lowest BCUT2D eigenvalue weighted by Crippen LogP contribution is -2.17. The Morgan fingerprint density at radius 1 is 1.20 bits per heavy atom. The number of nitrogens with zero attached hydrogens (tertiary/aromatic N) is 2. The van der Waals surface area contributed by atoms with Gasteiger partial charge >= 0.3 is 0 Å². The summed E-state index contributed by atoms with van der Waals surface area (Å²) in [4.78, 5) is 7.53. The van der Waals surface area contributed by atoms with Crippen molar-refractivity contribution >= 4 is 0 Å². The molecule has 0 atom stereocenters. The molecule has 0 radical (unpaired) electrons. The van der Waals surface area contributed by atoms with Gasteiger partial charge in [0.05, 0.1) is 12.3 Å². The zero-order chi connectivity index (χ0) is 14.2. The molecule has 0 aliphatic rings. The number of hydrogen-bond acceptors (Lipinski definition) is 4. The Bertz CT molecular complexity index is 534. The molecule has 0 saturated heterocycles. The fourth-order valence-electron chi connectivity index (χ4n) is 1.73. The summed E-state index contributed by atoms with van der Waals surface area (Å²) in [5.74, 6) is -0.453. The van der Waals surface area contributed by atoms with E-state index in [9.17, 15) is 4.39 Å². The van der Waals surface area contributed by atoms with Crippen LogP contribution in [0.2, 0.25) is 0 Å². The van der Waals surface area contributed by atoms with Gasteiger partial charge in [0.2, 0.25) is 5.82 Å². The number of aromatic nitrogens is 2. The predicted octanol–water partition coefficient (Wildman–Crippen LogP) is 2.48. The van der Waals surface area contributed by atoms with Gasteiger partial charge in [0, 0.05) is 6.54 Å². The van der Waals surface area contributed by atoms with Crippen LogP contribution < -0.4 is 10.1 Å². The summed E-state index contributed by atoms with van der Waals surface area (Å²) in [5.41, 5.74) is 1.54. The molecule has 4 nitrogen and oxygen atoms in total. The lowest BCUT2D eigenvalue weighted by atomic mass is 10.2. The van der Waals surface area contributed by atoms with Gasteiger partial charge in [-0.25, -0.2) is 4.98 Å². The van der Waals surface area contributed by atoms with E-state index in [1.807, 2.05) is 18.2 Å². The molecule has 1 aromatic carbocycles. The third-order valence-electron chi connectivity index (χ3n) is 2.84. The molecule has 2 aromatic rings. The lowest BCUT2D eigenvalue weighted by molar-refractivity contribution is 0.279. The van der Waals surface area contributed by atoms with Crippen molar-refractivity contribution in [1.82, 2.24) is 15.3 Å². The van der Waals surface area contributed by atoms with E-state index in [4.69, 9.17) is 4.74 Å². The summed E-state index contributed by atoms with van der Waals surface area (Å²) in [5, 5.41) is 3.31. The summed E-state index contributed by atoms with van der Waals surface area (Å²) < 4.78 is 18.8. The highest BCUT2D eigenvalue weighted by Crippen LogP contribution is 2.14. The van der Waals surface area contributed by atoms with E-state index in [1.54, 1.807) is 6.92 Å². The van der Waals surface area contributed by atoms with Crippen molar-refractivity contribution < 1.29 is 9.13 Å². The van der Waals surface area contributed by atoms with Crippen molar-refractivity contribution in [3.8, 4) is 5.88 Å². The van der Waals surface area contributed by atoms with Crippen LogP contribution in [0.3, 0.4) is 0 Å². The highest BCUT2D eigenvalue weighted by Gasteiger charge is 2.08. The standard InChI is InChI=1S/C15H18FN3O/c1-12-14(16)15(19-11-18-12)20-9-5-8-17-10-13-6-3-2-4-7-13/h2-4,6-7,11,17H,5,8-10H2,1H3. The monoisotopic (exact) mass is 275 g/mol. The highest BCUT2D eigenvalue weighted by atomic mass is 19.1. The van der Waals surface area contributed by atoms with Gasteiger partial charge in [0.15, 0.2) is 0 Å². The largest absolute Gasteiger partial charge is 0.475 e. The molecule has 1 aromatic heterocycles. The van der Waals surface area contributed by atoms with Crippen LogP contribution in [0.5, 0.6) is 5.88 Å². The zero-order valence-corrected chi connectivity index (χ0v) is 11.5. The zero-order valence-electron chi connectivity index (χ0n) is 11.5. The summed E-state index contributed by atoms with van der Waals surface area (Å²) in [6.45, 7) is 3.64. The molecule has 20 heavy (non-hydrogen) atoms. The van der Waals surface area contributed by atoms with Crippen molar-refractivity contribution in [2.24, 2.45) is 0 Å². The van der Waals surface area contributed by atoms with E-state index < -0.39 is 5.82 Å². The van der Waals surface area contributed by atoms with Gasteiger partial charge in [-0.15, -0.1) is 0 Å². The molecule has 1 heterocycles. The van der Waals surface area contributed by atoms with E-state index in [1.165, 1.54) is 11.9 Å². The Labute approximate surface area is 118 Å². The Hall–Kier alpha value is -2.01. The topological polar surface area (TPSA) is 47.0 Å². The average Bonchev–Trinajstić information content (AvgIpc) is 2.48. The molecular formula is C15H18FN3O. The second kappa shape index (κ2) is 7.55. The van der Waals surface area contributed by atoms with Crippen molar-refractivity contribution in [3.63, 3.8) is 0 Å². The molecule has 0 unspecified atom stereocenters. The maximum Gasteiger partial charge on any atom is 0.253 e. The Morgan fingerprint density at radius 2 is 2.00 bits per heavy atom. The first kappa shape index (κ1) is 14.4. The van der Waals surface area contributed by atoms with Gasteiger partial charge in [-0.1, -0.05) is 30.3 Å². The number of nitrogens with one attached hydrogen (secondary N) is 1. The van der Waals surface area contributed by atoms with Crippen LogP contribution >= 0.6 is 0 Å². The minimum Gasteiger partial charge on any atom is -0.475 e. The van der Waals surface area contributed by atoms with Gasteiger partial charge in [-0.2, -0.15) is 9.37 Å². The third kappa shape index (κ3) is 4.28. The molecule has 2 rings (SSSR count). The van der Waals surface area contributed by atoms with Crippen LogP contribution in [0.15, 0.2) is 36.7 Å². The number of rotatable bonds is 7. The molecule has 0 aliphatic heterocycles. The van der Waals surface area contributed by atoms with Gasteiger partial charge in [0.25, 0.3) is 5.88 Å². The van der Waals surface area contributed by atoms with Gasteiger partial charge in [0.1, 0.15) is 6.33 Å². The normalized spacial score (nSPS) is 10.5. The maximum atomic E-state index is 13.5. The third-order valence-corrected chi connectivity index (χ3v) is 2.84. The molecule has 0 aliphatic carbocycles. The molecule has 5 heteroatoms. The van der Waals surface area contributed by atoms with E-state index in [-0.39, 0.29) is 5.88 Å². The number of halogens is 1. The molecule has 0 saturated carbocycles. The van der Waals surface area contributed by atoms with Gasteiger partial charge in [-0.05, 0) is 25.5 Å². The summed E-state index contributed by atoms with van der Waals surface area (Å²) in [6, 6.07) is 10.2. The number of benzene rings is 1. The molecule has 0 bridgehead atoms. The molecule has 106 valence electrons. The molecule has 0 amide bonds. The molecule has 1 N–H and O–H groups in total. The summed E-state index contributed by atoms with van der Waals surface area (Å²) in [6.07, 6.45) is 2.09. The van der Waals surface area contributed by atoms with E-state index >= 15 is 0 Å². The maximum absolute atomic E-state index is 13.5. The second-order valence-corrected chi connectivity index (χ2v) is 4.44. The van der Waals surface area contributed by atoms with Crippen LogP contribution in [0.1, 0.15) is 17.7 Å². The highest BCUT2D eigenvalue weighted by molar-refractivity contribution is 5.15. The Morgan fingerprint density at radius 3 is 2.80 bits per heavy atom. The summed E-state index contributed by atoms with van der Waals surface area (Å²) in [7, 11) is 0. The van der Waals surface area contributed by atoms with Crippen molar-refractivity contribution in [1.29, 1.82) is 0 Å². The lowest BCUT2D eigenvalue weighted by Gasteiger charge is -2.07. The second-order valence-electron chi connectivity index (χ2n) is 4.44. The van der Waals surface area contributed by atoms with Crippen molar-refractivity contribution in [2.45, 2.75) is 19.9 Å². The first-order valence-electron chi connectivity index (χ1n) is 6.62. The first-order chi connectivity index (χ1) is 9.77. The number of aryl methyl sites for hydroxylation is 1. The molecular weight excluding hydrogens is 257 g/mol. The quantitative estimate of drug-likeness (QED) is 0.789. The van der Waals surface area contributed by atoms with E-state index in [2.05, 4.69) is 27.4 Å². The van der Waals surface area contributed by atoms with Crippen LogP contribution in [0, 0.1) is 12.7 Å². The van der Waals surface area contributed by atoms with Crippen LogP contribution in [-0.2, 0) is 6.54 Å². The SMILES string of the molecule is Cc1ncnc(OCCCNCc2ccccc2)c1F. The average molecular weight is 275 g/mol. The first-order valence-corrected chi connectivity index (χ1v) is 6.62. The number of hydrogen-bond donors (Lipinski definition) is 1. The van der Waals surface area contributed by atoms with Crippen LogP contribution in [-0.4, -0.2) is 23.1 Å². The predicted molar refractivity (Wildman–Crippen MR) is 75.0 cm³/mol. The van der Waals surface area contributed by atoms with Crippen LogP contribution in [0.25, 0.3) is 0 Å². The van der Waals surface area contributed by atoms with Gasteiger partial charge in [-0.3, -0.25) is 0 Å². The fraction of sp³-hybridized carbons (Fsp3) is 0.333. The minimum atomic E-state index is -0.482. The van der Waals surface area contributed by atoms with Crippen molar-refractivity contribution in [2.75, 3.05) is 13.2 Å². The fourth-order valence-corrected chi connectivity index (χ4v) is 1.73. The minimum absolute atomic E-state index is 0.0283. The molecule has 0 fully saturated rings.